The van der Waals surface area contributed by atoms with Crippen LogP contribution in [0.5, 0.6) is 0 Å². The molecular weight excluding hydrogens is 350 g/mol. The molecule has 168 valence electrons. The van der Waals surface area contributed by atoms with Crippen LogP contribution in [0.15, 0.2) is 0 Å². The van der Waals surface area contributed by atoms with Crippen LogP contribution in [0.2, 0.25) is 0 Å². The topological polar surface area (TPSA) is 26.0 Å². The van der Waals surface area contributed by atoms with E-state index >= 15 is 0 Å². The molecular formula is C28H51N. The number of fused-ring (bicyclic) bond motifs is 5. The third-order valence-electron chi connectivity index (χ3n) is 11.5. The SMILES string of the molecule is CC(C)CCC[C@@H](C)[C@H]1CC[C@@H]2[C@]1(C)CC[C@H]1[C@@]2(C)CCC2C[C@H](N)CC[C@@]21C. The first-order valence-electron chi connectivity index (χ1n) is 13.4. The zero-order valence-corrected chi connectivity index (χ0v) is 20.6. The maximum absolute atomic E-state index is 6.42. The van der Waals surface area contributed by atoms with Gasteiger partial charge in [0, 0.05) is 6.04 Å². The van der Waals surface area contributed by atoms with Crippen molar-refractivity contribution in [2.45, 2.75) is 125 Å². The molecule has 0 aromatic rings. The maximum atomic E-state index is 6.42. The first-order valence-corrected chi connectivity index (χ1v) is 13.4. The second-order valence-corrected chi connectivity index (χ2v) is 13.4. The molecule has 0 saturated heterocycles. The molecule has 1 unspecified atom stereocenters. The smallest absolute Gasteiger partial charge is 0.00418 e. The standard InChI is InChI=1S/C28H51N/c1-19(2)8-7-9-20(3)23-10-11-24-27(23,5)17-14-25-26(4)16-13-22(29)18-21(26)12-15-28(24,25)6/h19-25H,7-18,29H2,1-6H3/t20-,21?,22-,23-,24-,25-,26+,27-,28+/m1/s1. The molecule has 4 saturated carbocycles. The van der Waals surface area contributed by atoms with Crippen molar-refractivity contribution in [3.8, 4) is 0 Å². The molecule has 4 fully saturated rings. The van der Waals surface area contributed by atoms with Gasteiger partial charge < -0.3 is 5.73 Å². The van der Waals surface area contributed by atoms with E-state index in [1.165, 1.54) is 77.0 Å². The Bertz CT molecular complexity index is 583. The van der Waals surface area contributed by atoms with Gasteiger partial charge >= 0.3 is 0 Å². The van der Waals surface area contributed by atoms with E-state index in [1.54, 1.807) is 0 Å². The lowest BCUT2D eigenvalue weighted by Crippen LogP contribution is -2.59. The zero-order valence-electron chi connectivity index (χ0n) is 20.6. The van der Waals surface area contributed by atoms with Crippen LogP contribution in [0.25, 0.3) is 0 Å². The highest BCUT2D eigenvalue weighted by atomic mass is 14.7. The molecule has 0 bridgehead atoms. The summed E-state index contributed by atoms with van der Waals surface area (Å²) in [5, 5.41) is 0. The molecule has 1 heteroatoms. The van der Waals surface area contributed by atoms with Gasteiger partial charge in [0.1, 0.15) is 0 Å². The van der Waals surface area contributed by atoms with Crippen molar-refractivity contribution in [2.24, 2.45) is 57.5 Å². The van der Waals surface area contributed by atoms with Gasteiger partial charge in [0.2, 0.25) is 0 Å². The van der Waals surface area contributed by atoms with Crippen LogP contribution in [0.3, 0.4) is 0 Å². The van der Waals surface area contributed by atoms with Gasteiger partial charge in [-0.1, -0.05) is 60.8 Å². The van der Waals surface area contributed by atoms with Gasteiger partial charge in [-0.25, -0.2) is 0 Å². The summed E-state index contributed by atoms with van der Waals surface area (Å²) in [6, 6.07) is 0.480. The summed E-state index contributed by atoms with van der Waals surface area (Å²) in [5.41, 5.74) is 8.19. The third-order valence-corrected chi connectivity index (χ3v) is 11.5. The van der Waals surface area contributed by atoms with E-state index < -0.39 is 0 Å². The Morgan fingerprint density at radius 1 is 0.759 bits per heavy atom. The highest BCUT2D eigenvalue weighted by Crippen LogP contribution is 2.72. The van der Waals surface area contributed by atoms with Crippen molar-refractivity contribution in [2.75, 3.05) is 0 Å². The van der Waals surface area contributed by atoms with Crippen LogP contribution in [-0.4, -0.2) is 6.04 Å². The molecule has 9 atom stereocenters. The summed E-state index contributed by atoms with van der Waals surface area (Å²) in [4.78, 5) is 0. The van der Waals surface area contributed by atoms with Gasteiger partial charge in [0.05, 0.1) is 0 Å². The van der Waals surface area contributed by atoms with Crippen LogP contribution in [-0.2, 0) is 0 Å². The lowest BCUT2D eigenvalue weighted by atomic mass is 9.39. The second-order valence-electron chi connectivity index (χ2n) is 13.4. The Balaban J connectivity index is 1.52. The number of nitrogens with two attached hydrogens (primary N) is 1. The molecule has 0 aromatic heterocycles. The minimum Gasteiger partial charge on any atom is -0.328 e. The molecule has 4 aliphatic rings. The van der Waals surface area contributed by atoms with Crippen molar-refractivity contribution >= 4 is 0 Å². The summed E-state index contributed by atoms with van der Waals surface area (Å²) in [5.74, 6) is 5.59. The van der Waals surface area contributed by atoms with E-state index in [-0.39, 0.29) is 0 Å². The second kappa shape index (κ2) is 7.83. The maximum Gasteiger partial charge on any atom is 0.00418 e. The Morgan fingerprint density at radius 2 is 1.41 bits per heavy atom. The fourth-order valence-corrected chi connectivity index (χ4v) is 9.99. The van der Waals surface area contributed by atoms with Crippen LogP contribution in [0, 0.1) is 51.8 Å². The molecule has 4 rings (SSSR count). The Morgan fingerprint density at radius 3 is 2.14 bits per heavy atom. The molecule has 0 radical (unpaired) electrons. The van der Waals surface area contributed by atoms with Crippen LogP contribution < -0.4 is 5.73 Å². The third kappa shape index (κ3) is 3.54. The van der Waals surface area contributed by atoms with E-state index in [0.29, 0.717) is 22.3 Å². The predicted molar refractivity (Wildman–Crippen MR) is 126 cm³/mol. The lowest BCUT2D eigenvalue weighted by Gasteiger charge is -2.66. The molecule has 0 amide bonds. The monoisotopic (exact) mass is 401 g/mol. The zero-order chi connectivity index (χ0) is 21.0. The van der Waals surface area contributed by atoms with E-state index in [2.05, 4.69) is 41.5 Å². The molecule has 0 aromatic carbocycles. The number of hydrogen-bond donors (Lipinski definition) is 1. The van der Waals surface area contributed by atoms with Crippen molar-refractivity contribution in [1.29, 1.82) is 0 Å². The highest BCUT2D eigenvalue weighted by Gasteiger charge is 2.65. The Kier molecular flexibility index (Phi) is 5.98. The summed E-state index contributed by atoms with van der Waals surface area (Å²) in [6.07, 6.45) is 17.3. The molecule has 29 heavy (non-hydrogen) atoms. The summed E-state index contributed by atoms with van der Waals surface area (Å²) >= 11 is 0. The normalized spacial score (nSPS) is 50.7. The van der Waals surface area contributed by atoms with Gasteiger partial charge in [0.15, 0.2) is 0 Å². The predicted octanol–water partition coefficient (Wildman–Crippen LogP) is 7.83. The Hall–Kier alpha value is -0.0400. The van der Waals surface area contributed by atoms with Crippen molar-refractivity contribution in [3.05, 3.63) is 0 Å². The summed E-state index contributed by atoms with van der Waals surface area (Å²) in [6.45, 7) is 15.6. The average Bonchev–Trinajstić information content (AvgIpc) is 3.00. The molecule has 0 spiro atoms. The van der Waals surface area contributed by atoms with Gasteiger partial charge in [0.25, 0.3) is 0 Å². The molecule has 0 heterocycles. The van der Waals surface area contributed by atoms with E-state index in [4.69, 9.17) is 5.73 Å². The van der Waals surface area contributed by atoms with E-state index in [0.717, 1.165) is 35.5 Å². The van der Waals surface area contributed by atoms with Crippen molar-refractivity contribution < 1.29 is 0 Å². The van der Waals surface area contributed by atoms with Crippen LogP contribution in [0.4, 0.5) is 0 Å². The minimum atomic E-state index is 0.480. The van der Waals surface area contributed by atoms with Crippen molar-refractivity contribution in [3.63, 3.8) is 0 Å². The quantitative estimate of drug-likeness (QED) is 0.499. The van der Waals surface area contributed by atoms with Gasteiger partial charge in [-0.3, -0.25) is 0 Å². The van der Waals surface area contributed by atoms with E-state index in [1.807, 2.05) is 0 Å². The van der Waals surface area contributed by atoms with E-state index in [9.17, 15) is 0 Å². The molecule has 0 aliphatic heterocycles. The fraction of sp³-hybridized carbons (Fsp3) is 1.00. The average molecular weight is 402 g/mol. The summed E-state index contributed by atoms with van der Waals surface area (Å²) < 4.78 is 0. The van der Waals surface area contributed by atoms with Crippen LogP contribution >= 0.6 is 0 Å². The highest BCUT2D eigenvalue weighted by molar-refractivity contribution is 5.14. The lowest BCUT2D eigenvalue weighted by molar-refractivity contribution is -0.168. The van der Waals surface area contributed by atoms with Gasteiger partial charge in [-0.2, -0.15) is 0 Å². The van der Waals surface area contributed by atoms with Gasteiger partial charge in [-0.15, -0.1) is 0 Å². The molecule has 1 nitrogen and oxygen atoms in total. The van der Waals surface area contributed by atoms with Gasteiger partial charge in [-0.05, 0) is 110 Å². The van der Waals surface area contributed by atoms with Crippen molar-refractivity contribution in [1.82, 2.24) is 0 Å². The number of rotatable bonds is 5. The fourth-order valence-electron chi connectivity index (χ4n) is 9.99. The molecule has 2 N–H and O–H groups in total. The first-order chi connectivity index (χ1) is 13.6. The molecule has 4 aliphatic carbocycles. The largest absolute Gasteiger partial charge is 0.328 e. The number of hydrogen-bond acceptors (Lipinski definition) is 1. The minimum absolute atomic E-state index is 0.480. The Labute approximate surface area is 182 Å². The summed E-state index contributed by atoms with van der Waals surface area (Å²) in [7, 11) is 0. The first kappa shape index (κ1) is 22.2. The van der Waals surface area contributed by atoms with Crippen LogP contribution in [0.1, 0.15) is 119 Å².